The van der Waals surface area contributed by atoms with Crippen LogP contribution >= 0.6 is 35.7 Å². The molecule has 5 nitrogen and oxygen atoms in total. The number of halogens is 1. The van der Waals surface area contributed by atoms with Gasteiger partial charge in [-0.05, 0) is 55.0 Å². The van der Waals surface area contributed by atoms with Crippen LogP contribution in [0.15, 0.2) is 52.4 Å². The zero-order valence-electron chi connectivity index (χ0n) is 16.8. The Hall–Kier alpha value is -1.74. The molecule has 0 aliphatic rings. The Balaban J connectivity index is 0.00000392. The summed E-state index contributed by atoms with van der Waals surface area (Å²) in [6.07, 6.45) is 2.09. The molecule has 1 amide bonds. The molecule has 152 valence electrons. The third-order valence-electron chi connectivity index (χ3n) is 4.07. The van der Waals surface area contributed by atoms with Gasteiger partial charge in [-0.3, -0.25) is 4.79 Å². The summed E-state index contributed by atoms with van der Waals surface area (Å²) in [6, 6.07) is 14.0. The van der Waals surface area contributed by atoms with E-state index >= 15 is 0 Å². The predicted molar refractivity (Wildman–Crippen MR) is 130 cm³/mol. The quantitative estimate of drug-likeness (QED) is 0.228. The fourth-order valence-electron chi connectivity index (χ4n) is 2.64. The second-order valence-corrected chi connectivity index (χ2v) is 6.99. The van der Waals surface area contributed by atoms with Crippen molar-refractivity contribution in [3.05, 3.63) is 64.7 Å². The van der Waals surface area contributed by atoms with Gasteiger partial charge in [0.2, 0.25) is 0 Å². The summed E-state index contributed by atoms with van der Waals surface area (Å²) in [5, 5.41) is 9.31. The Kier molecular flexibility index (Phi) is 11.0. The summed E-state index contributed by atoms with van der Waals surface area (Å²) in [5.74, 6) is 0.672. The molecule has 0 bridgehead atoms. The number of hydrogen-bond donors (Lipinski definition) is 3. The topological polar surface area (TPSA) is 65.5 Å². The number of amides is 1. The van der Waals surface area contributed by atoms with Crippen molar-refractivity contribution < 1.29 is 4.79 Å². The Morgan fingerprint density at radius 2 is 1.93 bits per heavy atom. The van der Waals surface area contributed by atoms with E-state index in [1.54, 1.807) is 24.9 Å². The maximum atomic E-state index is 11.8. The van der Waals surface area contributed by atoms with Crippen molar-refractivity contribution in [1.82, 2.24) is 16.0 Å². The molecule has 0 atom stereocenters. The second kappa shape index (κ2) is 12.7. The molecule has 3 N–H and O–H groups in total. The second-order valence-electron chi connectivity index (χ2n) is 6.14. The third kappa shape index (κ3) is 7.35. The smallest absolute Gasteiger partial charge is 0.251 e. The van der Waals surface area contributed by atoms with Gasteiger partial charge in [-0.2, -0.15) is 0 Å². The third-order valence-corrected chi connectivity index (χ3v) is 4.89. The van der Waals surface area contributed by atoms with Crippen molar-refractivity contribution in [2.24, 2.45) is 4.99 Å². The molecule has 2 aromatic rings. The van der Waals surface area contributed by atoms with Gasteiger partial charge in [0.1, 0.15) is 0 Å². The van der Waals surface area contributed by atoms with E-state index in [2.05, 4.69) is 52.3 Å². The monoisotopic (exact) mass is 512 g/mol. The summed E-state index contributed by atoms with van der Waals surface area (Å²) in [5.41, 5.74) is 4.15. The van der Waals surface area contributed by atoms with Gasteiger partial charge in [0, 0.05) is 30.6 Å². The van der Waals surface area contributed by atoms with Crippen molar-refractivity contribution in [3.63, 3.8) is 0 Å². The molecule has 0 fully saturated rings. The number of nitrogens with zero attached hydrogens (tertiary/aromatic N) is 1. The van der Waals surface area contributed by atoms with Gasteiger partial charge in [0.25, 0.3) is 5.91 Å². The lowest BCUT2D eigenvalue weighted by Crippen LogP contribution is -2.36. The molecule has 2 rings (SSSR count). The van der Waals surface area contributed by atoms with Crippen LogP contribution in [0.4, 0.5) is 0 Å². The number of carbonyl (C=O) groups excluding carboxylic acids is 1. The molecule has 0 aliphatic carbocycles. The van der Waals surface area contributed by atoms with Crippen LogP contribution in [-0.4, -0.2) is 31.7 Å². The predicted octanol–water partition coefficient (Wildman–Crippen LogP) is 3.95. The molecule has 0 spiro atoms. The summed E-state index contributed by atoms with van der Waals surface area (Å²) in [6.45, 7) is 6.15. The maximum absolute atomic E-state index is 11.8. The Morgan fingerprint density at radius 1 is 1.14 bits per heavy atom. The molecule has 0 unspecified atom stereocenters. The van der Waals surface area contributed by atoms with Gasteiger partial charge in [0.15, 0.2) is 5.96 Å². The normalized spacial score (nSPS) is 10.8. The molecule has 0 aliphatic heterocycles. The van der Waals surface area contributed by atoms with Gasteiger partial charge in [-0.15, -0.1) is 35.7 Å². The van der Waals surface area contributed by atoms with E-state index in [9.17, 15) is 4.79 Å². The fraction of sp³-hybridized carbons (Fsp3) is 0.333. The molecule has 0 heterocycles. The molecule has 0 radical (unpaired) electrons. The van der Waals surface area contributed by atoms with Crippen LogP contribution in [0.2, 0.25) is 0 Å². The highest BCUT2D eigenvalue weighted by Crippen LogP contribution is 2.21. The van der Waals surface area contributed by atoms with E-state index in [-0.39, 0.29) is 29.9 Å². The summed E-state index contributed by atoms with van der Waals surface area (Å²) in [7, 11) is 1.63. The number of benzene rings is 2. The van der Waals surface area contributed by atoms with Crippen molar-refractivity contribution in [1.29, 1.82) is 0 Å². The van der Waals surface area contributed by atoms with Gasteiger partial charge in [-0.25, -0.2) is 4.99 Å². The van der Waals surface area contributed by atoms with Gasteiger partial charge in [0.05, 0.1) is 6.54 Å². The molecule has 2 aromatic carbocycles. The highest BCUT2D eigenvalue weighted by molar-refractivity contribution is 14.0. The number of rotatable bonds is 7. The minimum absolute atomic E-state index is 0. The molecule has 0 saturated carbocycles. The average Bonchev–Trinajstić information content (AvgIpc) is 2.70. The largest absolute Gasteiger partial charge is 0.357 e. The van der Waals surface area contributed by atoms with Crippen molar-refractivity contribution >= 4 is 47.6 Å². The molecule has 28 heavy (non-hydrogen) atoms. The number of guanidine groups is 1. The van der Waals surface area contributed by atoms with E-state index in [1.165, 1.54) is 16.0 Å². The van der Waals surface area contributed by atoms with Crippen LogP contribution in [0.3, 0.4) is 0 Å². The van der Waals surface area contributed by atoms with E-state index in [0.717, 1.165) is 18.1 Å². The minimum atomic E-state index is -0.0881. The average molecular weight is 512 g/mol. The first-order valence-corrected chi connectivity index (χ1v) is 10.3. The van der Waals surface area contributed by atoms with Gasteiger partial charge < -0.3 is 16.0 Å². The number of aryl methyl sites for hydroxylation is 1. The minimum Gasteiger partial charge on any atom is -0.357 e. The van der Waals surface area contributed by atoms with Crippen LogP contribution in [0, 0.1) is 6.92 Å². The molecular weight excluding hydrogens is 483 g/mol. The first kappa shape index (κ1) is 24.3. The Bertz CT molecular complexity index is 811. The number of nitrogens with one attached hydrogen (secondary N) is 3. The Morgan fingerprint density at radius 3 is 2.61 bits per heavy atom. The number of carbonyl (C=O) groups is 1. The van der Waals surface area contributed by atoms with Crippen LogP contribution in [0.1, 0.15) is 34.0 Å². The standard InChI is InChI=1S/C21H28N4OS.HI/c1-5-23-21(25-14-18-10-9-15(2)11-19(18)27-4)24-13-16-7-6-8-17(12-16)20(26)22-3;/h6-12H,5,13-14H2,1-4H3,(H,22,26)(H2,23,24,25);1H. The lowest BCUT2D eigenvalue weighted by Gasteiger charge is -2.14. The van der Waals surface area contributed by atoms with E-state index in [1.807, 2.05) is 25.1 Å². The zero-order valence-corrected chi connectivity index (χ0v) is 20.0. The van der Waals surface area contributed by atoms with Crippen LogP contribution in [-0.2, 0) is 13.1 Å². The zero-order chi connectivity index (χ0) is 19.6. The molecule has 7 heteroatoms. The molecule has 0 saturated heterocycles. The first-order chi connectivity index (χ1) is 13.1. The summed E-state index contributed by atoms with van der Waals surface area (Å²) in [4.78, 5) is 17.7. The highest BCUT2D eigenvalue weighted by Gasteiger charge is 2.05. The fourth-order valence-corrected chi connectivity index (χ4v) is 3.35. The van der Waals surface area contributed by atoms with Gasteiger partial charge >= 0.3 is 0 Å². The van der Waals surface area contributed by atoms with Crippen LogP contribution in [0.25, 0.3) is 0 Å². The number of thioether (sulfide) groups is 1. The maximum Gasteiger partial charge on any atom is 0.251 e. The summed E-state index contributed by atoms with van der Waals surface area (Å²) < 4.78 is 0. The first-order valence-electron chi connectivity index (χ1n) is 9.04. The summed E-state index contributed by atoms with van der Waals surface area (Å²) >= 11 is 1.75. The highest BCUT2D eigenvalue weighted by atomic mass is 127. The van der Waals surface area contributed by atoms with E-state index in [4.69, 9.17) is 0 Å². The van der Waals surface area contributed by atoms with Gasteiger partial charge in [-0.1, -0.05) is 24.3 Å². The number of aliphatic imine (C=N–C) groups is 1. The van der Waals surface area contributed by atoms with Crippen LogP contribution in [0.5, 0.6) is 0 Å². The van der Waals surface area contributed by atoms with Crippen molar-refractivity contribution in [3.8, 4) is 0 Å². The molecule has 0 aromatic heterocycles. The Labute approximate surface area is 189 Å². The van der Waals surface area contributed by atoms with E-state index in [0.29, 0.717) is 18.7 Å². The lowest BCUT2D eigenvalue weighted by atomic mass is 10.1. The molecular formula is C21H29IN4OS. The van der Waals surface area contributed by atoms with Crippen molar-refractivity contribution in [2.75, 3.05) is 19.8 Å². The van der Waals surface area contributed by atoms with E-state index < -0.39 is 0 Å². The van der Waals surface area contributed by atoms with Crippen molar-refractivity contribution in [2.45, 2.75) is 31.8 Å². The SMILES string of the molecule is CCNC(=NCc1cccc(C(=O)NC)c1)NCc1ccc(C)cc1SC.I. The lowest BCUT2D eigenvalue weighted by molar-refractivity contribution is 0.0963. The van der Waals surface area contributed by atoms with Crippen LogP contribution < -0.4 is 16.0 Å². The number of hydrogen-bond acceptors (Lipinski definition) is 3.